The molecule has 1 atom stereocenters. The van der Waals surface area contributed by atoms with Gasteiger partial charge >= 0.3 is 6.18 Å². The maximum Gasteiger partial charge on any atom is 0.419 e. The molecule has 0 aliphatic rings. The first-order chi connectivity index (χ1) is 15.2. The number of benzene rings is 2. The number of carbonyl (C=O) groups excluding carboxylic acids is 1. The van der Waals surface area contributed by atoms with Crippen LogP contribution in [0.5, 0.6) is 11.5 Å². The third kappa shape index (κ3) is 6.30. The molecule has 0 aliphatic carbocycles. The van der Waals surface area contributed by atoms with E-state index in [0.717, 1.165) is 13.2 Å². The molecular weight excluding hydrogens is 429 g/mol. The Hall–Kier alpha value is -3.40. The average molecular weight is 452 g/mol. The molecule has 2 aromatic carbocycles. The van der Waals surface area contributed by atoms with Crippen molar-refractivity contribution >= 4 is 6.29 Å². The third-order valence-corrected chi connectivity index (χ3v) is 3.95. The normalized spacial score (nSPS) is 12.0. The van der Waals surface area contributed by atoms with Crippen LogP contribution in [-0.4, -0.2) is 40.9 Å². The van der Waals surface area contributed by atoms with Crippen LogP contribution in [-0.2, 0) is 11.0 Å². The first-order valence-electron chi connectivity index (χ1n) is 9.56. The van der Waals surface area contributed by atoms with Crippen molar-refractivity contribution in [2.75, 3.05) is 7.11 Å². The van der Waals surface area contributed by atoms with E-state index in [4.69, 9.17) is 19.1 Å². The quantitative estimate of drug-likeness (QED) is 0.515. The van der Waals surface area contributed by atoms with E-state index in [1.165, 1.54) is 12.1 Å². The number of carbonyl (C=O) groups is 1. The van der Waals surface area contributed by atoms with Crippen LogP contribution in [0.2, 0.25) is 0 Å². The zero-order valence-electron chi connectivity index (χ0n) is 17.9. The monoisotopic (exact) mass is 452 g/mol. The van der Waals surface area contributed by atoms with Crippen molar-refractivity contribution < 1.29 is 37.1 Å². The molecular formula is C22H23F3N2O5. The molecule has 3 aromatic rings. The first-order valence-corrected chi connectivity index (χ1v) is 9.56. The summed E-state index contributed by atoms with van der Waals surface area (Å²) in [6, 6.07) is 10.2. The summed E-state index contributed by atoms with van der Waals surface area (Å²) in [6.07, 6.45) is -4.92. The number of nitrogens with zero attached hydrogens (tertiary/aromatic N) is 2. The van der Waals surface area contributed by atoms with Crippen molar-refractivity contribution in [3.8, 4) is 34.3 Å². The summed E-state index contributed by atoms with van der Waals surface area (Å²) in [5, 5.41) is 10.8. The van der Waals surface area contributed by atoms with E-state index in [-0.39, 0.29) is 23.0 Å². The lowest BCUT2D eigenvalue weighted by Crippen LogP contribution is -2.13. The van der Waals surface area contributed by atoms with Gasteiger partial charge < -0.3 is 19.1 Å². The van der Waals surface area contributed by atoms with Crippen molar-refractivity contribution in [3.05, 3.63) is 48.0 Å². The maximum atomic E-state index is 13.4. The van der Waals surface area contributed by atoms with E-state index >= 15 is 0 Å². The van der Waals surface area contributed by atoms with E-state index in [1.807, 2.05) is 0 Å². The summed E-state index contributed by atoms with van der Waals surface area (Å²) < 4.78 is 56.1. The second kappa shape index (κ2) is 10.8. The summed E-state index contributed by atoms with van der Waals surface area (Å²) in [5.41, 5.74) is -0.213. The zero-order chi connectivity index (χ0) is 23.9. The van der Waals surface area contributed by atoms with Gasteiger partial charge in [0.05, 0.1) is 11.7 Å². The van der Waals surface area contributed by atoms with Crippen LogP contribution in [0.4, 0.5) is 13.2 Å². The smallest absolute Gasteiger partial charge is 0.419 e. The topological polar surface area (TPSA) is 94.7 Å². The Morgan fingerprint density at radius 3 is 2.19 bits per heavy atom. The van der Waals surface area contributed by atoms with Crippen LogP contribution in [0, 0.1) is 0 Å². The number of aldehydes is 1. The molecule has 0 fully saturated rings. The Balaban J connectivity index is 0.00000176. The van der Waals surface area contributed by atoms with Crippen molar-refractivity contribution in [2.45, 2.75) is 39.2 Å². The molecule has 0 saturated heterocycles. The van der Waals surface area contributed by atoms with Crippen LogP contribution >= 0.6 is 0 Å². The van der Waals surface area contributed by atoms with Crippen LogP contribution in [0.3, 0.4) is 0 Å². The minimum Gasteiger partial charge on any atom is -0.490 e. The molecule has 0 spiro atoms. The van der Waals surface area contributed by atoms with Crippen molar-refractivity contribution in [1.29, 1.82) is 0 Å². The van der Waals surface area contributed by atoms with E-state index < -0.39 is 23.9 Å². The molecule has 3 rings (SSSR count). The molecule has 1 heterocycles. The molecule has 0 bridgehead atoms. The van der Waals surface area contributed by atoms with Gasteiger partial charge in [0.1, 0.15) is 11.5 Å². The Labute approximate surface area is 182 Å². The molecule has 0 radical (unpaired) electrons. The van der Waals surface area contributed by atoms with E-state index in [0.29, 0.717) is 17.6 Å². The van der Waals surface area contributed by atoms with Gasteiger partial charge in [-0.05, 0) is 63.2 Å². The molecule has 0 aliphatic heterocycles. The van der Waals surface area contributed by atoms with Gasteiger partial charge in [-0.3, -0.25) is 4.79 Å². The molecule has 0 amide bonds. The summed E-state index contributed by atoms with van der Waals surface area (Å²) in [7, 11) is 1.00. The van der Waals surface area contributed by atoms with Gasteiger partial charge in [0.15, 0.2) is 12.4 Å². The number of aromatic nitrogens is 2. The molecule has 1 aromatic heterocycles. The molecule has 172 valence electrons. The number of aliphatic hydroxyl groups is 1. The van der Waals surface area contributed by atoms with Crippen LogP contribution in [0.25, 0.3) is 22.8 Å². The second-order valence-corrected chi connectivity index (χ2v) is 6.78. The number of hydrogen-bond donors (Lipinski definition) is 1. The number of hydrogen-bond acceptors (Lipinski definition) is 7. The highest BCUT2D eigenvalue weighted by Crippen LogP contribution is 2.39. The summed E-state index contributed by atoms with van der Waals surface area (Å²) >= 11 is 0. The van der Waals surface area contributed by atoms with Gasteiger partial charge in [0.2, 0.25) is 5.82 Å². The highest BCUT2D eigenvalue weighted by molar-refractivity contribution is 5.63. The molecule has 7 nitrogen and oxygen atoms in total. The van der Waals surface area contributed by atoms with Crippen LogP contribution in [0.1, 0.15) is 26.3 Å². The van der Waals surface area contributed by atoms with Gasteiger partial charge in [-0.1, -0.05) is 5.16 Å². The standard InChI is InChI=1S/C21H19F3N2O4.CH4O/c1-12(2)28-18-9-6-15(10-17(18)21(22,23)24)19-25-20(30-26-19)14-4-7-16(8-5-14)29-13(3)11-27;1-2/h4-13H,1-3H3;2H,1H3. The van der Waals surface area contributed by atoms with Gasteiger partial charge in [-0.2, -0.15) is 18.2 Å². The summed E-state index contributed by atoms with van der Waals surface area (Å²) in [5.74, 6) is 0.372. The predicted octanol–water partition coefficient (Wildman–Crippen LogP) is 4.78. The fourth-order valence-electron chi connectivity index (χ4n) is 2.62. The SMILES string of the molecule is CC(C)Oc1ccc(-c2noc(-c3ccc(OC(C)C=O)cc3)n2)cc1C(F)(F)F.CO. The summed E-state index contributed by atoms with van der Waals surface area (Å²) in [6.45, 7) is 4.91. The number of ether oxygens (including phenoxy) is 2. The van der Waals surface area contributed by atoms with Crippen LogP contribution in [0.15, 0.2) is 47.0 Å². The first kappa shape index (κ1) is 24.9. The average Bonchev–Trinajstić information content (AvgIpc) is 3.25. The van der Waals surface area contributed by atoms with Gasteiger partial charge in [0.25, 0.3) is 5.89 Å². The minimum absolute atomic E-state index is 0.0153. The Morgan fingerprint density at radius 2 is 1.62 bits per heavy atom. The summed E-state index contributed by atoms with van der Waals surface area (Å²) in [4.78, 5) is 14.8. The van der Waals surface area contributed by atoms with Gasteiger partial charge in [-0.25, -0.2) is 0 Å². The lowest BCUT2D eigenvalue weighted by molar-refractivity contribution is -0.139. The number of rotatable bonds is 7. The lowest BCUT2D eigenvalue weighted by atomic mass is 10.1. The predicted molar refractivity (Wildman–Crippen MR) is 110 cm³/mol. The molecule has 1 unspecified atom stereocenters. The highest BCUT2D eigenvalue weighted by atomic mass is 19.4. The number of halogens is 3. The highest BCUT2D eigenvalue weighted by Gasteiger charge is 2.35. The number of alkyl halides is 3. The van der Waals surface area contributed by atoms with E-state index in [1.54, 1.807) is 45.0 Å². The fourth-order valence-corrected chi connectivity index (χ4v) is 2.62. The molecule has 0 saturated carbocycles. The fraction of sp³-hybridized carbons (Fsp3) is 0.318. The Morgan fingerprint density at radius 1 is 1.00 bits per heavy atom. The molecule has 10 heteroatoms. The maximum absolute atomic E-state index is 13.4. The van der Waals surface area contributed by atoms with Crippen molar-refractivity contribution in [3.63, 3.8) is 0 Å². The second-order valence-electron chi connectivity index (χ2n) is 6.78. The zero-order valence-corrected chi connectivity index (χ0v) is 17.9. The van der Waals surface area contributed by atoms with E-state index in [2.05, 4.69) is 10.1 Å². The molecule has 32 heavy (non-hydrogen) atoms. The van der Waals surface area contributed by atoms with Crippen molar-refractivity contribution in [1.82, 2.24) is 10.1 Å². The van der Waals surface area contributed by atoms with Crippen molar-refractivity contribution in [2.24, 2.45) is 0 Å². The molecule has 1 N–H and O–H groups in total. The van der Waals surface area contributed by atoms with Gasteiger partial charge in [0, 0.05) is 18.2 Å². The largest absolute Gasteiger partial charge is 0.490 e. The lowest BCUT2D eigenvalue weighted by Gasteiger charge is -2.16. The number of aliphatic hydroxyl groups excluding tert-OH is 1. The van der Waals surface area contributed by atoms with E-state index in [9.17, 15) is 18.0 Å². The van der Waals surface area contributed by atoms with Crippen LogP contribution < -0.4 is 9.47 Å². The Kier molecular flexibility index (Phi) is 8.36. The minimum atomic E-state index is -4.60. The Bertz CT molecular complexity index is 1020. The third-order valence-electron chi connectivity index (χ3n) is 3.95. The van der Waals surface area contributed by atoms with Gasteiger partial charge in [-0.15, -0.1) is 0 Å².